The van der Waals surface area contributed by atoms with Crippen molar-refractivity contribution in [3.05, 3.63) is 0 Å². The fourth-order valence-electron chi connectivity index (χ4n) is 1.55. The molecule has 4 N–H and O–H groups in total. The van der Waals surface area contributed by atoms with Gasteiger partial charge < -0.3 is 21.3 Å². The number of carbonyl (C=O) groups excluding carboxylic acids is 3. The van der Waals surface area contributed by atoms with Crippen LogP contribution in [0.4, 0.5) is 0 Å². The van der Waals surface area contributed by atoms with Crippen LogP contribution in [0, 0.1) is 5.92 Å². The van der Waals surface area contributed by atoms with E-state index in [9.17, 15) is 14.4 Å². The largest absolute Gasteiger partial charge is 0.353 e. The molecular formula is C11H21ClN4O3. The highest BCUT2D eigenvalue weighted by molar-refractivity contribution is 5.90. The van der Waals surface area contributed by atoms with Crippen molar-refractivity contribution in [3.63, 3.8) is 0 Å². The Labute approximate surface area is 118 Å². The Bertz CT molecular complexity index is 349. The van der Waals surface area contributed by atoms with Crippen LogP contribution in [0.3, 0.4) is 0 Å². The fourth-order valence-corrected chi connectivity index (χ4v) is 1.55. The van der Waals surface area contributed by atoms with Gasteiger partial charge >= 0.3 is 0 Å². The van der Waals surface area contributed by atoms with Crippen molar-refractivity contribution >= 4 is 30.1 Å². The molecule has 0 aromatic heterocycles. The van der Waals surface area contributed by atoms with Crippen molar-refractivity contribution in [1.82, 2.24) is 15.5 Å². The van der Waals surface area contributed by atoms with Crippen LogP contribution in [0.25, 0.3) is 0 Å². The normalized spacial score (nSPS) is 16.4. The highest BCUT2D eigenvalue weighted by Gasteiger charge is 2.22. The number of hydrogen-bond donors (Lipinski definition) is 3. The van der Waals surface area contributed by atoms with Gasteiger partial charge in [0, 0.05) is 13.1 Å². The second-order valence-electron chi connectivity index (χ2n) is 4.65. The minimum absolute atomic E-state index is 0. The zero-order valence-corrected chi connectivity index (χ0v) is 12.0. The Hall–Kier alpha value is -1.34. The lowest BCUT2D eigenvalue weighted by Gasteiger charge is -2.27. The highest BCUT2D eigenvalue weighted by Crippen LogP contribution is 1.98. The number of carbonyl (C=O) groups is 3. The minimum Gasteiger partial charge on any atom is -0.353 e. The first-order valence-electron chi connectivity index (χ1n) is 5.99. The Morgan fingerprint density at radius 3 is 2.63 bits per heavy atom. The molecule has 7 nitrogen and oxygen atoms in total. The zero-order chi connectivity index (χ0) is 13.7. The zero-order valence-electron chi connectivity index (χ0n) is 11.1. The van der Waals surface area contributed by atoms with E-state index in [1.165, 1.54) is 4.90 Å². The van der Waals surface area contributed by atoms with Gasteiger partial charge in [0.25, 0.3) is 0 Å². The van der Waals surface area contributed by atoms with Crippen molar-refractivity contribution in [3.8, 4) is 0 Å². The second-order valence-corrected chi connectivity index (χ2v) is 4.65. The highest BCUT2D eigenvalue weighted by atomic mass is 35.5. The van der Waals surface area contributed by atoms with Crippen LogP contribution in [0.2, 0.25) is 0 Å². The summed E-state index contributed by atoms with van der Waals surface area (Å²) in [5, 5.41) is 5.11. The molecule has 8 heteroatoms. The first kappa shape index (κ1) is 17.7. The molecule has 1 atom stereocenters. The molecule has 1 rings (SSSR count). The van der Waals surface area contributed by atoms with E-state index in [0.29, 0.717) is 13.1 Å². The van der Waals surface area contributed by atoms with Crippen molar-refractivity contribution < 1.29 is 14.4 Å². The fraction of sp³-hybridized carbons (Fsp3) is 0.727. The summed E-state index contributed by atoms with van der Waals surface area (Å²) in [5.74, 6) is -0.783. The third-order valence-corrected chi connectivity index (χ3v) is 2.83. The Morgan fingerprint density at radius 1 is 1.47 bits per heavy atom. The van der Waals surface area contributed by atoms with Crippen molar-refractivity contribution in [1.29, 1.82) is 0 Å². The summed E-state index contributed by atoms with van der Waals surface area (Å²) in [7, 11) is 0. The molecule has 1 fully saturated rings. The third kappa shape index (κ3) is 5.44. The van der Waals surface area contributed by atoms with Gasteiger partial charge in [-0.3, -0.25) is 14.4 Å². The molecule has 0 aromatic carbocycles. The number of hydrogen-bond acceptors (Lipinski definition) is 4. The van der Waals surface area contributed by atoms with Crippen LogP contribution in [-0.4, -0.2) is 54.8 Å². The number of nitrogens with zero attached hydrogens (tertiary/aromatic N) is 1. The van der Waals surface area contributed by atoms with Gasteiger partial charge in [-0.1, -0.05) is 13.8 Å². The lowest BCUT2D eigenvalue weighted by molar-refractivity contribution is -0.138. The molecule has 0 bridgehead atoms. The first-order valence-corrected chi connectivity index (χ1v) is 5.99. The number of rotatable bonds is 4. The van der Waals surface area contributed by atoms with Crippen molar-refractivity contribution in [2.24, 2.45) is 11.7 Å². The van der Waals surface area contributed by atoms with E-state index in [1.54, 1.807) is 0 Å². The van der Waals surface area contributed by atoms with E-state index in [0.717, 1.165) is 0 Å². The maximum absolute atomic E-state index is 11.7. The molecule has 1 saturated heterocycles. The molecule has 0 aliphatic carbocycles. The predicted molar refractivity (Wildman–Crippen MR) is 72.7 cm³/mol. The molecule has 3 amide bonds. The van der Waals surface area contributed by atoms with E-state index in [4.69, 9.17) is 5.73 Å². The van der Waals surface area contributed by atoms with Gasteiger partial charge in [0.2, 0.25) is 17.7 Å². The molecule has 1 aliphatic heterocycles. The van der Waals surface area contributed by atoms with Gasteiger partial charge in [-0.2, -0.15) is 0 Å². The third-order valence-electron chi connectivity index (χ3n) is 2.83. The second kappa shape index (κ2) is 7.96. The molecule has 0 saturated carbocycles. The van der Waals surface area contributed by atoms with Crippen LogP contribution in [0.15, 0.2) is 0 Å². The quantitative estimate of drug-likeness (QED) is 0.584. The Kier molecular flexibility index (Phi) is 7.40. The molecule has 19 heavy (non-hydrogen) atoms. The lowest BCUT2D eigenvalue weighted by Crippen LogP contribution is -2.53. The van der Waals surface area contributed by atoms with Crippen molar-refractivity contribution in [2.45, 2.75) is 19.9 Å². The standard InChI is InChI=1S/C11H20N4O3.ClH/c1-7(2)10(12)11(18)14-5-9(17)15-4-3-13-8(16)6-15;/h7,10H,3-6,12H2,1-2H3,(H,13,16)(H,14,18);1H/t10-;/m0./s1. The van der Waals surface area contributed by atoms with Crippen LogP contribution in [-0.2, 0) is 14.4 Å². The van der Waals surface area contributed by atoms with Gasteiger partial charge in [-0.05, 0) is 5.92 Å². The number of amides is 3. The Morgan fingerprint density at radius 2 is 2.11 bits per heavy atom. The van der Waals surface area contributed by atoms with E-state index in [1.807, 2.05) is 13.8 Å². The van der Waals surface area contributed by atoms with Gasteiger partial charge in [-0.25, -0.2) is 0 Å². The van der Waals surface area contributed by atoms with E-state index >= 15 is 0 Å². The summed E-state index contributed by atoms with van der Waals surface area (Å²) in [6, 6.07) is -0.623. The summed E-state index contributed by atoms with van der Waals surface area (Å²) in [6.45, 7) is 4.51. The smallest absolute Gasteiger partial charge is 0.242 e. The molecule has 0 spiro atoms. The molecule has 1 heterocycles. The summed E-state index contributed by atoms with van der Waals surface area (Å²) in [4.78, 5) is 35.8. The van der Waals surface area contributed by atoms with Gasteiger partial charge in [0.1, 0.15) is 0 Å². The predicted octanol–water partition coefficient (Wildman–Crippen LogP) is -1.53. The van der Waals surface area contributed by atoms with E-state index < -0.39 is 6.04 Å². The SMILES string of the molecule is CC(C)[C@H](N)C(=O)NCC(=O)N1CCNC(=O)C1.Cl. The lowest BCUT2D eigenvalue weighted by atomic mass is 10.1. The van der Waals surface area contributed by atoms with Gasteiger partial charge in [0.05, 0.1) is 19.1 Å². The molecule has 0 aromatic rings. The van der Waals surface area contributed by atoms with Crippen LogP contribution in [0.5, 0.6) is 0 Å². The van der Waals surface area contributed by atoms with E-state index in [-0.39, 0.29) is 49.1 Å². The average Bonchev–Trinajstić information content (AvgIpc) is 2.34. The number of halogens is 1. The maximum atomic E-state index is 11.7. The molecular weight excluding hydrogens is 272 g/mol. The molecule has 0 unspecified atom stereocenters. The molecule has 110 valence electrons. The first-order chi connectivity index (χ1) is 8.41. The number of piperazine rings is 1. The van der Waals surface area contributed by atoms with Gasteiger partial charge in [-0.15, -0.1) is 12.4 Å². The van der Waals surface area contributed by atoms with Crippen LogP contribution < -0.4 is 16.4 Å². The van der Waals surface area contributed by atoms with Crippen LogP contribution >= 0.6 is 12.4 Å². The van der Waals surface area contributed by atoms with E-state index in [2.05, 4.69) is 10.6 Å². The molecule has 1 aliphatic rings. The van der Waals surface area contributed by atoms with Crippen LogP contribution in [0.1, 0.15) is 13.8 Å². The number of nitrogens with one attached hydrogen (secondary N) is 2. The summed E-state index contributed by atoms with van der Waals surface area (Å²) >= 11 is 0. The summed E-state index contributed by atoms with van der Waals surface area (Å²) < 4.78 is 0. The topological polar surface area (TPSA) is 105 Å². The minimum atomic E-state index is -0.623. The van der Waals surface area contributed by atoms with Crippen molar-refractivity contribution in [2.75, 3.05) is 26.2 Å². The maximum Gasteiger partial charge on any atom is 0.242 e. The number of nitrogens with two attached hydrogens (primary N) is 1. The Balaban J connectivity index is 0.00000324. The average molecular weight is 293 g/mol. The van der Waals surface area contributed by atoms with Gasteiger partial charge in [0.15, 0.2) is 0 Å². The summed E-state index contributed by atoms with van der Waals surface area (Å²) in [5.41, 5.74) is 5.65. The molecule has 0 radical (unpaired) electrons. The monoisotopic (exact) mass is 292 g/mol. The summed E-state index contributed by atoms with van der Waals surface area (Å²) in [6.07, 6.45) is 0.